The molecule has 0 spiro atoms. The van der Waals surface area contributed by atoms with E-state index in [0.717, 1.165) is 0 Å². The quantitative estimate of drug-likeness (QED) is 0.205. The molecule has 0 aromatic heterocycles. The first-order valence-electron chi connectivity index (χ1n) is 3.39. The number of nitrogens with two attached hydrogens (primary N) is 1. The van der Waals surface area contributed by atoms with E-state index >= 15 is 0 Å². The van der Waals surface area contributed by atoms with Gasteiger partial charge in [0.1, 0.15) is 0 Å². The summed E-state index contributed by atoms with van der Waals surface area (Å²) in [4.78, 5) is 5.58. The fraction of sp³-hybridized carbons (Fsp3) is 0. The van der Waals surface area contributed by atoms with Crippen LogP contribution in [0.15, 0.2) is 9.74 Å². The highest BCUT2D eigenvalue weighted by molar-refractivity contribution is 5.52. The standard InChI is InChI=1S/C4H8N8O/c5-9-1-2(10-6)8-4-3(7-1)11-13-12-4/h5,7-8,10-12H,6H2. The highest BCUT2D eigenvalue weighted by atomic mass is 16.6. The molecule has 0 aromatic carbocycles. The van der Waals surface area contributed by atoms with Crippen molar-refractivity contribution in [1.29, 1.82) is 5.53 Å². The van der Waals surface area contributed by atoms with Crippen LogP contribution in [0.3, 0.4) is 0 Å². The van der Waals surface area contributed by atoms with Crippen LogP contribution in [0, 0.1) is 16.5 Å². The predicted octanol–water partition coefficient (Wildman–Crippen LogP) is 0.389. The Hall–Kier alpha value is -2.16. The normalized spacial score (nSPS) is 10.2. The lowest BCUT2D eigenvalue weighted by Crippen LogP contribution is -2.09. The average Bonchev–Trinajstić information content (AvgIpc) is 2.62. The van der Waals surface area contributed by atoms with Crippen molar-refractivity contribution in [3.63, 3.8) is 0 Å². The highest BCUT2D eigenvalue weighted by Gasteiger charge is 2.02. The zero-order chi connectivity index (χ0) is 9.26. The largest absolute Gasteiger partial charge is 0.319 e. The van der Waals surface area contributed by atoms with E-state index in [1.165, 1.54) is 0 Å². The summed E-state index contributed by atoms with van der Waals surface area (Å²) in [7, 11) is 0. The van der Waals surface area contributed by atoms with Crippen molar-refractivity contribution in [2.24, 2.45) is 11.0 Å². The first-order chi connectivity index (χ1) is 6.35. The molecule has 0 saturated heterocycles. The van der Waals surface area contributed by atoms with Crippen LogP contribution in [0.1, 0.15) is 0 Å². The lowest BCUT2D eigenvalue weighted by molar-refractivity contribution is 0.297. The van der Waals surface area contributed by atoms with E-state index in [4.69, 9.17) is 11.4 Å². The maximum absolute atomic E-state index is 6.84. The number of aromatic amines is 4. The average molecular weight is 184 g/mol. The zero-order valence-electron chi connectivity index (χ0n) is 6.43. The van der Waals surface area contributed by atoms with Crippen LogP contribution >= 0.6 is 0 Å². The molecule has 0 bridgehead atoms. The van der Waals surface area contributed by atoms with E-state index in [1.54, 1.807) is 0 Å². The topological polar surface area (TPSA) is 151 Å². The molecule has 8 N–H and O–H groups in total. The lowest BCUT2D eigenvalue weighted by atomic mass is 10.6. The van der Waals surface area contributed by atoms with Gasteiger partial charge in [0, 0.05) is 0 Å². The molecule has 0 aromatic rings. The molecule has 0 unspecified atom stereocenters. The third-order valence-corrected chi connectivity index (χ3v) is 1.54. The van der Waals surface area contributed by atoms with Crippen LogP contribution in [0.25, 0.3) is 0 Å². The number of nitrogens with zero attached hydrogens (tertiary/aromatic N) is 1. The number of rotatable bonds is 2. The Bertz CT molecular complexity index is 490. The molecule has 13 heavy (non-hydrogen) atoms. The van der Waals surface area contributed by atoms with Crippen LogP contribution in [-0.2, 0) is 0 Å². The minimum absolute atomic E-state index is 0.265. The number of aromatic nitrogens is 4. The Morgan fingerprint density at radius 3 is 2.62 bits per heavy atom. The van der Waals surface area contributed by atoms with Crippen LogP contribution in [0.2, 0.25) is 0 Å². The number of hydrogen-bond acceptors (Lipinski definition) is 5. The lowest BCUT2D eigenvalue weighted by Gasteiger charge is -2.01. The monoisotopic (exact) mass is 184 g/mol. The summed E-state index contributed by atoms with van der Waals surface area (Å²) in [6.45, 7) is 0. The summed E-state index contributed by atoms with van der Waals surface area (Å²) in [5.74, 6) is 5.83. The summed E-state index contributed by atoms with van der Waals surface area (Å²) >= 11 is 0. The van der Waals surface area contributed by atoms with Gasteiger partial charge in [0.15, 0.2) is 22.6 Å². The number of hydrogen-bond donors (Lipinski definition) is 7. The Labute approximate surface area is 70.5 Å². The zero-order valence-corrected chi connectivity index (χ0v) is 6.43. The molecule has 0 amide bonds. The Morgan fingerprint density at radius 1 is 1.31 bits per heavy atom. The SMILES string of the molecule is N=Nc1[nH]c2[nH]o[nH]c=2[nH]c1NN. The first kappa shape index (κ1) is 7.49. The van der Waals surface area contributed by atoms with Crippen LogP contribution in [-0.4, -0.2) is 20.3 Å². The molecule has 2 rings (SSSR count). The second kappa shape index (κ2) is 2.71. The molecule has 0 radical (unpaired) electrons. The van der Waals surface area contributed by atoms with Crippen molar-refractivity contribution in [1.82, 2.24) is 20.3 Å². The maximum Gasteiger partial charge on any atom is 0.195 e. The van der Waals surface area contributed by atoms with Gasteiger partial charge in [-0.05, 0) is 0 Å². The summed E-state index contributed by atoms with van der Waals surface area (Å²) < 4.78 is 4.68. The fourth-order valence-electron chi connectivity index (χ4n) is 0.959. The number of nitrogen functional groups attached to an aromatic ring is 1. The van der Waals surface area contributed by atoms with Gasteiger partial charge < -0.3 is 15.4 Å². The molecule has 2 aliphatic heterocycles. The van der Waals surface area contributed by atoms with Crippen LogP contribution in [0.4, 0.5) is 11.6 Å². The highest BCUT2D eigenvalue weighted by Crippen LogP contribution is 2.16. The molecular weight excluding hydrogens is 176 g/mol. The minimum atomic E-state index is 0.265. The number of H-pyrrole nitrogens is 4. The molecular formula is C4H8N8O. The molecule has 2 aliphatic rings. The molecule has 9 nitrogen and oxygen atoms in total. The van der Waals surface area contributed by atoms with E-state index in [0.29, 0.717) is 16.8 Å². The third kappa shape index (κ3) is 1.06. The van der Waals surface area contributed by atoms with Crippen molar-refractivity contribution in [3.8, 4) is 0 Å². The summed E-state index contributed by atoms with van der Waals surface area (Å²) in [6, 6.07) is 0. The van der Waals surface area contributed by atoms with E-state index in [-0.39, 0.29) is 5.82 Å². The van der Waals surface area contributed by atoms with E-state index in [1.807, 2.05) is 0 Å². The smallest absolute Gasteiger partial charge is 0.195 e. The molecule has 0 fully saturated rings. The maximum atomic E-state index is 6.84. The summed E-state index contributed by atoms with van der Waals surface area (Å²) in [5, 5.41) is 8.26. The number of anilines is 1. The van der Waals surface area contributed by atoms with Gasteiger partial charge in [-0.1, -0.05) is 0 Å². The van der Waals surface area contributed by atoms with Crippen molar-refractivity contribution in [2.45, 2.75) is 0 Å². The molecule has 70 valence electrons. The van der Waals surface area contributed by atoms with E-state index < -0.39 is 0 Å². The van der Waals surface area contributed by atoms with Gasteiger partial charge in [0.2, 0.25) is 0 Å². The van der Waals surface area contributed by atoms with Gasteiger partial charge in [-0.15, -0.1) is 5.11 Å². The van der Waals surface area contributed by atoms with E-state index in [9.17, 15) is 0 Å². The van der Waals surface area contributed by atoms with Crippen molar-refractivity contribution in [2.75, 3.05) is 5.43 Å². The third-order valence-electron chi connectivity index (χ3n) is 1.54. The van der Waals surface area contributed by atoms with Gasteiger partial charge >= 0.3 is 0 Å². The number of hydrazine groups is 1. The Balaban J connectivity index is 2.80. The minimum Gasteiger partial charge on any atom is -0.319 e. The van der Waals surface area contributed by atoms with Gasteiger partial charge in [-0.3, -0.25) is 4.63 Å². The fourth-order valence-corrected chi connectivity index (χ4v) is 0.959. The van der Waals surface area contributed by atoms with Gasteiger partial charge in [-0.25, -0.2) is 11.4 Å². The molecule has 9 heteroatoms. The number of nitrogens with one attached hydrogen (secondary N) is 6. The van der Waals surface area contributed by atoms with Crippen molar-refractivity contribution < 1.29 is 4.63 Å². The molecule has 0 atom stereocenters. The van der Waals surface area contributed by atoms with Gasteiger partial charge in [-0.2, -0.15) is 10.3 Å². The van der Waals surface area contributed by atoms with Gasteiger partial charge in [0.25, 0.3) is 0 Å². The second-order valence-corrected chi connectivity index (χ2v) is 2.29. The van der Waals surface area contributed by atoms with Crippen molar-refractivity contribution in [3.05, 3.63) is 11.0 Å². The summed E-state index contributed by atoms with van der Waals surface area (Å²) in [5.41, 5.74) is 10.3. The predicted molar refractivity (Wildman–Crippen MR) is 41.7 cm³/mol. The second-order valence-electron chi connectivity index (χ2n) is 2.29. The molecule has 0 aliphatic carbocycles. The summed E-state index contributed by atoms with van der Waals surface area (Å²) in [6.07, 6.45) is 0. The van der Waals surface area contributed by atoms with Gasteiger partial charge in [0.05, 0.1) is 0 Å². The van der Waals surface area contributed by atoms with E-state index in [2.05, 4.69) is 35.5 Å². The van der Waals surface area contributed by atoms with Crippen LogP contribution in [0.5, 0.6) is 0 Å². The van der Waals surface area contributed by atoms with Crippen LogP contribution < -0.4 is 11.3 Å². The molecule has 2 heterocycles. The Morgan fingerprint density at radius 2 is 2.00 bits per heavy atom. The van der Waals surface area contributed by atoms with Crippen molar-refractivity contribution >= 4 is 11.6 Å². The first-order valence-corrected chi connectivity index (χ1v) is 3.39. The molecule has 0 saturated carbocycles. The Kier molecular flexibility index (Phi) is 1.56.